The Kier molecular flexibility index (Phi) is 4.07. The number of nitrogens with zero attached hydrogens (tertiary/aromatic N) is 8. The van der Waals surface area contributed by atoms with Gasteiger partial charge in [-0.1, -0.05) is 25.4 Å². The van der Waals surface area contributed by atoms with E-state index in [1.807, 2.05) is 17.5 Å². The van der Waals surface area contributed by atoms with Crippen LogP contribution in [0.25, 0.3) is 11.5 Å². The molecule has 0 saturated heterocycles. The summed E-state index contributed by atoms with van der Waals surface area (Å²) < 4.78 is 1.85. The molecule has 1 aliphatic carbocycles. The van der Waals surface area contributed by atoms with Gasteiger partial charge in [-0.2, -0.15) is 15.3 Å². The van der Waals surface area contributed by atoms with Gasteiger partial charge in [0.05, 0.1) is 45.5 Å². The second-order valence-corrected chi connectivity index (χ2v) is 8.41. The summed E-state index contributed by atoms with van der Waals surface area (Å²) in [6.45, 7) is 6.15. The number of aromatic nitrogens is 7. The third kappa shape index (κ3) is 2.91. The minimum atomic E-state index is -0.428. The zero-order valence-corrected chi connectivity index (χ0v) is 17.4. The molecule has 4 aromatic heterocycles. The maximum Gasteiger partial charge on any atom is 0.263 e. The van der Waals surface area contributed by atoms with Gasteiger partial charge in [0.25, 0.3) is 6.04 Å². The van der Waals surface area contributed by atoms with E-state index in [1.165, 1.54) is 23.4 Å². The van der Waals surface area contributed by atoms with Gasteiger partial charge < -0.3 is 0 Å². The SMILES string of the molecule is Cc1cc2ncc3c(n2n1)C(C)(C)C[C@H]3[N+](=O)Nc1cnc(-n2nccn2)c(Cl)c1. The first-order valence-corrected chi connectivity index (χ1v) is 9.82. The fraction of sp³-hybridized carbons (Fsp3) is 0.316. The Balaban J connectivity index is 1.46. The fourth-order valence-corrected chi connectivity index (χ4v) is 4.29. The lowest BCUT2D eigenvalue weighted by molar-refractivity contribution is -0.564. The Morgan fingerprint density at radius 1 is 1.20 bits per heavy atom. The third-order valence-electron chi connectivity index (χ3n) is 5.29. The molecule has 30 heavy (non-hydrogen) atoms. The van der Waals surface area contributed by atoms with E-state index in [0.717, 1.165) is 27.5 Å². The van der Waals surface area contributed by atoms with E-state index in [2.05, 4.69) is 44.5 Å². The second kappa shape index (κ2) is 6.56. The highest BCUT2D eigenvalue weighted by atomic mass is 35.5. The highest BCUT2D eigenvalue weighted by Gasteiger charge is 2.48. The molecular weight excluding hydrogens is 406 g/mol. The van der Waals surface area contributed by atoms with Gasteiger partial charge in [-0.15, -0.1) is 10.2 Å². The van der Waals surface area contributed by atoms with Crippen molar-refractivity contribution < 1.29 is 4.87 Å². The third-order valence-corrected chi connectivity index (χ3v) is 5.57. The fourth-order valence-electron chi connectivity index (χ4n) is 4.05. The number of nitrogens with one attached hydrogen (secondary N) is 1. The molecule has 1 N–H and O–H groups in total. The molecule has 0 spiro atoms. The molecule has 4 aromatic rings. The molecule has 1 atom stereocenters. The van der Waals surface area contributed by atoms with Gasteiger partial charge in [0.1, 0.15) is 10.6 Å². The summed E-state index contributed by atoms with van der Waals surface area (Å²) >= 11 is 6.31. The summed E-state index contributed by atoms with van der Waals surface area (Å²) in [4.78, 5) is 24.0. The predicted octanol–water partition coefficient (Wildman–Crippen LogP) is 3.20. The molecule has 152 valence electrons. The molecule has 0 saturated carbocycles. The molecule has 0 bridgehead atoms. The maximum atomic E-state index is 13.1. The Bertz CT molecular complexity index is 1280. The maximum absolute atomic E-state index is 13.1. The number of halogens is 1. The Hall–Kier alpha value is -3.40. The van der Waals surface area contributed by atoms with Crippen molar-refractivity contribution in [1.29, 1.82) is 0 Å². The largest absolute Gasteiger partial charge is 0.263 e. The van der Waals surface area contributed by atoms with Crippen LogP contribution >= 0.6 is 11.6 Å². The van der Waals surface area contributed by atoms with Crippen LogP contribution in [0.4, 0.5) is 5.69 Å². The smallest absolute Gasteiger partial charge is 0.236 e. The van der Waals surface area contributed by atoms with Crippen LogP contribution in [-0.4, -0.2) is 39.4 Å². The van der Waals surface area contributed by atoms with Gasteiger partial charge in [-0.3, -0.25) is 0 Å². The molecular formula is C19H19ClN9O+. The summed E-state index contributed by atoms with van der Waals surface area (Å²) in [5.74, 6) is 0.387. The van der Waals surface area contributed by atoms with Crippen LogP contribution in [0, 0.1) is 11.8 Å². The Labute approximate surface area is 176 Å². The first-order valence-electron chi connectivity index (χ1n) is 9.44. The number of nitroso groups, excluding NO2 is 1. The summed E-state index contributed by atoms with van der Waals surface area (Å²) in [7, 11) is 0. The van der Waals surface area contributed by atoms with Crippen molar-refractivity contribution in [2.45, 2.75) is 38.6 Å². The number of aryl methyl sites for hydroxylation is 1. The minimum absolute atomic E-state index is 0.241. The van der Waals surface area contributed by atoms with Crippen LogP contribution in [0.2, 0.25) is 5.02 Å². The van der Waals surface area contributed by atoms with Crippen LogP contribution in [0.15, 0.2) is 36.9 Å². The average molecular weight is 425 g/mol. The standard InChI is InChI=1S/C19H19ClN9O/c1-11-6-16-21-10-13-15(8-19(2,3)17(13)27(16)25-11)29(30)26-12-7-14(20)18(22-9-12)28-23-4-5-24-28/h4-7,9-10,15H,8H2,1-3H3,(H,26,30)/q+1/t15-/m1/s1. The molecule has 1 aliphatic rings. The molecule has 5 rings (SSSR count). The van der Waals surface area contributed by atoms with E-state index < -0.39 is 6.04 Å². The second-order valence-electron chi connectivity index (χ2n) is 8.01. The van der Waals surface area contributed by atoms with Crippen molar-refractivity contribution in [2.24, 2.45) is 0 Å². The summed E-state index contributed by atoms with van der Waals surface area (Å²) in [5.41, 5.74) is 6.62. The van der Waals surface area contributed by atoms with Gasteiger partial charge in [-0.05, 0) is 13.0 Å². The lowest BCUT2D eigenvalue weighted by atomic mass is 9.90. The Morgan fingerprint density at radius 2 is 1.97 bits per heavy atom. The van der Waals surface area contributed by atoms with Crippen LogP contribution in [0.1, 0.15) is 43.3 Å². The minimum Gasteiger partial charge on any atom is -0.236 e. The van der Waals surface area contributed by atoms with Crippen molar-refractivity contribution in [1.82, 2.24) is 34.6 Å². The van der Waals surface area contributed by atoms with Crippen molar-refractivity contribution in [3.63, 3.8) is 0 Å². The first-order chi connectivity index (χ1) is 14.3. The van der Waals surface area contributed by atoms with Crippen LogP contribution in [0.5, 0.6) is 0 Å². The molecule has 0 unspecified atom stereocenters. The molecule has 11 heteroatoms. The van der Waals surface area contributed by atoms with E-state index in [1.54, 1.807) is 12.3 Å². The molecule has 0 fully saturated rings. The number of hydrogen-bond acceptors (Lipinski definition) is 6. The van der Waals surface area contributed by atoms with Crippen LogP contribution in [0.3, 0.4) is 0 Å². The zero-order chi connectivity index (χ0) is 21.0. The van der Waals surface area contributed by atoms with Gasteiger partial charge in [0, 0.05) is 24.1 Å². The number of pyridine rings is 1. The Morgan fingerprint density at radius 3 is 2.70 bits per heavy atom. The molecule has 0 aliphatic heterocycles. The number of hydrogen-bond donors (Lipinski definition) is 1. The van der Waals surface area contributed by atoms with Crippen molar-refractivity contribution in [3.05, 3.63) is 63.8 Å². The van der Waals surface area contributed by atoms with E-state index in [-0.39, 0.29) is 5.41 Å². The summed E-state index contributed by atoms with van der Waals surface area (Å²) in [5, 5.41) is 12.9. The van der Waals surface area contributed by atoms with Crippen molar-refractivity contribution >= 4 is 22.9 Å². The quantitative estimate of drug-likeness (QED) is 0.396. The normalized spacial score (nSPS) is 17.3. The first kappa shape index (κ1) is 18.6. The lowest BCUT2D eigenvalue weighted by Gasteiger charge is -2.18. The lowest BCUT2D eigenvalue weighted by Crippen LogP contribution is -2.22. The van der Waals surface area contributed by atoms with E-state index in [9.17, 15) is 4.91 Å². The monoisotopic (exact) mass is 424 g/mol. The van der Waals surface area contributed by atoms with Crippen LogP contribution < -0.4 is 5.43 Å². The van der Waals surface area contributed by atoms with Crippen molar-refractivity contribution in [2.75, 3.05) is 5.43 Å². The average Bonchev–Trinajstić information content (AvgIpc) is 3.39. The van der Waals surface area contributed by atoms with E-state index in [0.29, 0.717) is 22.9 Å². The van der Waals surface area contributed by atoms with E-state index in [4.69, 9.17) is 11.6 Å². The number of rotatable bonds is 4. The van der Waals surface area contributed by atoms with Gasteiger partial charge >= 0.3 is 0 Å². The number of anilines is 1. The van der Waals surface area contributed by atoms with Crippen LogP contribution in [-0.2, 0) is 5.41 Å². The molecule has 0 radical (unpaired) electrons. The topological polar surface area (TPSA) is 106 Å². The number of fused-ring (bicyclic) bond motifs is 3. The number of hydrazine groups is 1. The van der Waals surface area contributed by atoms with Gasteiger partial charge in [-0.25, -0.2) is 14.5 Å². The highest BCUT2D eigenvalue weighted by Crippen LogP contribution is 2.45. The molecule has 4 heterocycles. The molecule has 10 nitrogen and oxygen atoms in total. The molecule has 0 aromatic carbocycles. The molecule has 0 amide bonds. The van der Waals surface area contributed by atoms with Gasteiger partial charge in [0.2, 0.25) is 0 Å². The van der Waals surface area contributed by atoms with Crippen molar-refractivity contribution in [3.8, 4) is 5.82 Å². The summed E-state index contributed by atoms with van der Waals surface area (Å²) in [6, 6.07) is 3.13. The highest BCUT2D eigenvalue weighted by molar-refractivity contribution is 6.32. The van der Waals surface area contributed by atoms with E-state index >= 15 is 0 Å². The predicted molar refractivity (Wildman–Crippen MR) is 110 cm³/mol. The zero-order valence-electron chi connectivity index (χ0n) is 16.6. The van der Waals surface area contributed by atoms with Gasteiger partial charge in [0.15, 0.2) is 11.5 Å². The summed E-state index contributed by atoms with van der Waals surface area (Å²) in [6.07, 6.45) is 6.99.